The fraction of sp³-hybridized carbons (Fsp3) is 0.462. The summed E-state index contributed by atoms with van der Waals surface area (Å²) in [5.41, 5.74) is 0.123. The molecule has 0 aromatic heterocycles. The quantitative estimate of drug-likeness (QED) is 0.272. The molecule has 2 amide bonds. The minimum atomic E-state index is -4.12. The SMILES string of the molecule is CCC(C(=O)NCC(C)C)N(Cc1cccc(OC)c1)C(=O)CN(c1cc([N+](=O)[O-])ccc1OC)S(C)(=O)=O. The normalized spacial score (nSPS) is 12.0. The van der Waals surface area contributed by atoms with Crippen molar-refractivity contribution >= 4 is 33.2 Å². The van der Waals surface area contributed by atoms with Gasteiger partial charge in [0, 0.05) is 25.2 Å². The van der Waals surface area contributed by atoms with Crippen molar-refractivity contribution < 1.29 is 32.4 Å². The molecule has 2 aromatic carbocycles. The fourth-order valence-electron chi connectivity index (χ4n) is 3.89. The van der Waals surface area contributed by atoms with Crippen LogP contribution in [-0.2, 0) is 26.2 Å². The Bertz CT molecular complexity index is 1280. The van der Waals surface area contributed by atoms with Gasteiger partial charge in [-0.05, 0) is 36.1 Å². The molecule has 13 heteroatoms. The smallest absolute Gasteiger partial charge is 0.271 e. The predicted molar refractivity (Wildman–Crippen MR) is 147 cm³/mol. The summed E-state index contributed by atoms with van der Waals surface area (Å²) in [6.07, 6.45) is 1.15. The number of sulfonamides is 1. The number of nitro groups is 1. The van der Waals surface area contributed by atoms with Crippen LogP contribution < -0.4 is 19.1 Å². The van der Waals surface area contributed by atoms with E-state index in [-0.39, 0.29) is 41.9 Å². The van der Waals surface area contributed by atoms with Crippen LogP contribution in [-0.4, -0.2) is 69.7 Å². The number of non-ortho nitro benzene ring substituents is 1. The van der Waals surface area contributed by atoms with Crippen molar-refractivity contribution in [1.29, 1.82) is 0 Å². The summed E-state index contributed by atoms with van der Waals surface area (Å²) in [4.78, 5) is 39.0. The first kappa shape index (κ1) is 31.3. The van der Waals surface area contributed by atoms with Gasteiger partial charge in [-0.3, -0.25) is 24.0 Å². The Kier molecular flexibility index (Phi) is 11.1. The van der Waals surface area contributed by atoms with Crippen LogP contribution in [0.25, 0.3) is 0 Å². The van der Waals surface area contributed by atoms with E-state index in [2.05, 4.69) is 5.32 Å². The number of rotatable bonds is 14. The van der Waals surface area contributed by atoms with Gasteiger partial charge in [0.05, 0.1) is 25.4 Å². The lowest BCUT2D eigenvalue weighted by Crippen LogP contribution is -2.52. The van der Waals surface area contributed by atoms with Gasteiger partial charge < -0.3 is 19.7 Å². The van der Waals surface area contributed by atoms with Crippen LogP contribution in [0.3, 0.4) is 0 Å². The molecule has 0 aliphatic carbocycles. The molecule has 2 rings (SSSR count). The molecule has 0 heterocycles. The van der Waals surface area contributed by atoms with Gasteiger partial charge >= 0.3 is 0 Å². The third kappa shape index (κ3) is 8.57. The Hall–Kier alpha value is -3.87. The lowest BCUT2D eigenvalue weighted by atomic mass is 10.1. The number of ether oxygens (including phenoxy) is 2. The second-order valence-electron chi connectivity index (χ2n) is 9.32. The van der Waals surface area contributed by atoms with Crippen molar-refractivity contribution in [3.8, 4) is 11.5 Å². The van der Waals surface area contributed by atoms with Gasteiger partial charge in [0.15, 0.2) is 0 Å². The number of anilines is 1. The number of benzene rings is 2. The maximum Gasteiger partial charge on any atom is 0.271 e. The maximum absolute atomic E-state index is 13.8. The van der Waals surface area contributed by atoms with Gasteiger partial charge in [0.2, 0.25) is 21.8 Å². The highest BCUT2D eigenvalue weighted by atomic mass is 32.2. The summed E-state index contributed by atoms with van der Waals surface area (Å²) in [5, 5.41) is 14.2. The Morgan fingerprint density at radius 1 is 1.10 bits per heavy atom. The summed E-state index contributed by atoms with van der Waals surface area (Å²) < 4.78 is 37.0. The van der Waals surface area contributed by atoms with Crippen LogP contribution in [0, 0.1) is 16.0 Å². The van der Waals surface area contributed by atoms with Crippen LogP contribution in [0.2, 0.25) is 0 Å². The van der Waals surface area contributed by atoms with Gasteiger partial charge in [-0.2, -0.15) is 0 Å². The van der Waals surface area contributed by atoms with Crippen LogP contribution in [0.5, 0.6) is 11.5 Å². The van der Waals surface area contributed by atoms with Gasteiger partial charge in [0.1, 0.15) is 29.8 Å². The van der Waals surface area contributed by atoms with Crippen molar-refractivity contribution in [1.82, 2.24) is 10.2 Å². The molecule has 0 aliphatic heterocycles. The fourth-order valence-corrected chi connectivity index (χ4v) is 4.74. The first-order chi connectivity index (χ1) is 18.3. The van der Waals surface area contributed by atoms with Gasteiger partial charge in [0.25, 0.3) is 5.69 Å². The molecule has 2 aromatic rings. The molecular formula is C26H36N4O8S. The average Bonchev–Trinajstić information content (AvgIpc) is 2.89. The zero-order valence-electron chi connectivity index (χ0n) is 23.0. The number of hydrogen-bond donors (Lipinski definition) is 1. The number of methoxy groups -OCH3 is 2. The standard InChI is InChI=1S/C26H36N4O8S/c1-7-22(26(32)27-15-18(2)3)28(16-19-9-8-10-21(13-19)37-4)25(31)17-29(39(6,35)36)23-14-20(30(33)34)11-12-24(23)38-5/h8-14,18,22H,7,15-17H2,1-6H3,(H,27,32). The van der Waals surface area contributed by atoms with Crippen molar-refractivity contribution in [3.63, 3.8) is 0 Å². The molecule has 1 unspecified atom stereocenters. The topological polar surface area (TPSA) is 148 Å². The molecule has 0 bridgehead atoms. The molecule has 1 N–H and O–H groups in total. The van der Waals surface area contributed by atoms with E-state index >= 15 is 0 Å². The highest BCUT2D eigenvalue weighted by Crippen LogP contribution is 2.34. The minimum absolute atomic E-state index is 0.00663. The lowest BCUT2D eigenvalue weighted by molar-refractivity contribution is -0.384. The molecule has 0 spiro atoms. The molecule has 0 fully saturated rings. The second-order valence-corrected chi connectivity index (χ2v) is 11.2. The Morgan fingerprint density at radius 3 is 2.33 bits per heavy atom. The number of nitrogens with zero attached hydrogens (tertiary/aromatic N) is 3. The summed E-state index contributed by atoms with van der Waals surface area (Å²) in [7, 11) is -1.32. The third-order valence-electron chi connectivity index (χ3n) is 5.88. The van der Waals surface area contributed by atoms with Crippen molar-refractivity contribution in [2.45, 2.75) is 39.8 Å². The first-order valence-corrected chi connectivity index (χ1v) is 14.2. The van der Waals surface area contributed by atoms with Crippen LogP contribution in [0.15, 0.2) is 42.5 Å². The molecule has 0 saturated carbocycles. The monoisotopic (exact) mass is 564 g/mol. The highest BCUT2D eigenvalue weighted by molar-refractivity contribution is 7.92. The van der Waals surface area contributed by atoms with E-state index < -0.39 is 33.4 Å². The molecule has 0 saturated heterocycles. The number of amides is 2. The number of nitrogens with one attached hydrogen (secondary N) is 1. The minimum Gasteiger partial charge on any atom is -0.497 e. The predicted octanol–water partition coefficient (Wildman–Crippen LogP) is 2.96. The largest absolute Gasteiger partial charge is 0.497 e. The Balaban J connectivity index is 2.56. The average molecular weight is 565 g/mol. The van der Waals surface area contributed by atoms with Crippen molar-refractivity contribution in [2.24, 2.45) is 5.92 Å². The number of carbonyl (C=O) groups is 2. The van der Waals surface area contributed by atoms with E-state index in [4.69, 9.17) is 9.47 Å². The van der Waals surface area contributed by atoms with E-state index in [0.717, 1.165) is 16.6 Å². The van der Waals surface area contributed by atoms with Crippen LogP contribution in [0.1, 0.15) is 32.8 Å². The first-order valence-electron chi connectivity index (χ1n) is 12.3. The summed E-state index contributed by atoms with van der Waals surface area (Å²) in [6, 6.07) is 9.53. The molecule has 214 valence electrons. The summed E-state index contributed by atoms with van der Waals surface area (Å²) in [6.45, 7) is 5.31. The molecular weight excluding hydrogens is 528 g/mol. The summed E-state index contributed by atoms with van der Waals surface area (Å²) >= 11 is 0. The highest BCUT2D eigenvalue weighted by Gasteiger charge is 2.33. The van der Waals surface area contributed by atoms with Crippen molar-refractivity contribution in [3.05, 3.63) is 58.1 Å². The number of hydrogen-bond acceptors (Lipinski definition) is 8. The van der Waals surface area contributed by atoms with E-state index in [1.807, 2.05) is 13.8 Å². The van der Waals surface area contributed by atoms with E-state index in [0.29, 0.717) is 17.9 Å². The molecule has 12 nitrogen and oxygen atoms in total. The van der Waals surface area contributed by atoms with Gasteiger partial charge in [-0.25, -0.2) is 8.42 Å². The van der Waals surface area contributed by atoms with Crippen LogP contribution in [0.4, 0.5) is 11.4 Å². The van der Waals surface area contributed by atoms with Crippen LogP contribution >= 0.6 is 0 Å². The number of carbonyl (C=O) groups excluding carboxylic acids is 2. The van der Waals surface area contributed by atoms with E-state index in [9.17, 15) is 28.1 Å². The third-order valence-corrected chi connectivity index (χ3v) is 7.01. The zero-order valence-corrected chi connectivity index (χ0v) is 23.9. The van der Waals surface area contributed by atoms with Gasteiger partial charge in [-0.1, -0.05) is 32.9 Å². The zero-order chi connectivity index (χ0) is 29.3. The molecule has 39 heavy (non-hydrogen) atoms. The van der Waals surface area contributed by atoms with E-state index in [1.165, 1.54) is 31.3 Å². The number of nitro benzene ring substituents is 1. The maximum atomic E-state index is 13.8. The van der Waals surface area contributed by atoms with Crippen molar-refractivity contribution in [2.75, 3.05) is 37.9 Å². The summed E-state index contributed by atoms with van der Waals surface area (Å²) in [5.74, 6) is -0.295. The lowest BCUT2D eigenvalue weighted by Gasteiger charge is -2.33. The van der Waals surface area contributed by atoms with E-state index in [1.54, 1.807) is 31.2 Å². The Morgan fingerprint density at radius 2 is 1.79 bits per heavy atom. The molecule has 1 atom stereocenters. The molecule has 0 radical (unpaired) electrons. The molecule has 0 aliphatic rings. The second kappa shape index (κ2) is 13.8. The Labute approximate surface area is 229 Å². The van der Waals surface area contributed by atoms with Gasteiger partial charge in [-0.15, -0.1) is 0 Å².